The molecule has 0 unspecified atom stereocenters. The minimum Gasteiger partial charge on any atom is -0.497 e. The van der Waals surface area contributed by atoms with Gasteiger partial charge in [0.2, 0.25) is 5.13 Å². The van der Waals surface area contributed by atoms with Crippen LogP contribution in [-0.2, 0) is 0 Å². The number of carbonyl (C=O) groups excluding carboxylic acids is 1. The molecule has 1 heterocycles. The average molecular weight is 420 g/mol. The predicted molar refractivity (Wildman–Crippen MR) is 101 cm³/mol. The number of nitrogens with one attached hydrogen (secondary N) is 1. The minimum atomic E-state index is -0.354. The highest BCUT2D eigenvalue weighted by molar-refractivity contribution is 9.10. The van der Waals surface area contributed by atoms with Crippen LogP contribution in [0.4, 0.5) is 5.13 Å². The van der Waals surface area contributed by atoms with Crippen LogP contribution in [0.25, 0.3) is 10.6 Å². The molecule has 0 fully saturated rings. The molecule has 0 aliphatic carbocycles. The summed E-state index contributed by atoms with van der Waals surface area (Å²) in [6.45, 7) is 0. The van der Waals surface area contributed by atoms with E-state index in [1.807, 2.05) is 30.3 Å². The fourth-order valence-corrected chi connectivity index (χ4v) is 3.54. The molecular weight excluding hydrogens is 406 g/mol. The number of carbonyl (C=O) groups is 1. The van der Waals surface area contributed by atoms with Gasteiger partial charge < -0.3 is 9.47 Å². The van der Waals surface area contributed by atoms with Gasteiger partial charge in [0.1, 0.15) is 16.5 Å². The number of amides is 1. The Morgan fingerprint density at radius 1 is 1.12 bits per heavy atom. The van der Waals surface area contributed by atoms with Crippen LogP contribution in [0.3, 0.4) is 0 Å². The Morgan fingerprint density at radius 2 is 1.88 bits per heavy atom. The van der Waals surface area contributed by atoms with Crippen LogP contribution in [0.5, 0.6) is 11.5 Å². The number of nitrogens with zero attached hydrogens (tertiary/aromatic N) is 2. The number of anilines is 1. The van der Waals surface area contributed by atoms with E-state index in [0.717, 1.165) is 10.6 Å². The summed E-state index contributed by atoms with van der Waals surface area (Å²) < 4.78 is 11.1. The largest absolute Gasteiger partial charge is 0.497 e. The Kier molecular flexibility index (Phi) is 5.30. The lowest BCUT2D eigenvalue weighted by atomic mass is 10.1. The average Bonchev–Trinajstić information content (AvgIpc) is 3.10. The van der Waals surface area contributed by atoms with Gasteiger partial charge in [0.05, 0.1) is 24.3 Å². The molecule has 3 rings (SSSR count). The molecule has 1 aromatic heterocycles. The maximum absolute atomic E-state index is 12.6. The number of hydrogen-bond donors (Lipinski definition) is 1. The van der Waals surface area contributed by atoms with Crippen molar-refractivity contribution in [1.82, 2.24) is 10.2 Å². The van der Waals surface area contributed by atoms with Gasteiger partial charge in [-0.15, -0.1) is 10.2 Å². The third-order valence-corrected chi connectivity index (χ3v) is 4.84. The zero-order valence-electron chi connectivity index (χ0n) is 13.4. The molecule has 2 aromatic carbocycles. The Bertz CT molecular complexity index is 899. The number of halogens is 1. The van der Waals surface area contributed by atoms with E-state index in [1.54, 1.807) is 12.1 Å². The first-order valence-corrected chi connectivity index (χ1v) is 8.85. The normalized spacial score (nSPS) is 10.4. The van der Waals surface area contributed by atoms with Crippen molar-refractivity contribution in [2.75, 3.05) is 19.5 Å². The van der Waals surface area contributed by atoms with Crippen molar-refractivity contribution in [3.63, 3.8) is 0 Å². The molecule has 0 saturated heterocycles. The molecule has 6 nitrogen and oxygen atoms in total. The molecule has 0 saturated carbocycles. The monoisotopic (exact) mass is 419 g/mol. The molecule has 0 aliphatic heterocycles. The van der Waals surface area contributed by atoms with Crippen LogP contribution in [0, 0.1) is 0 Å². The summed E-state index contributed by atoms with van der Waals surface area (Å²) in [5.41, 5.74) is 1.28. The fourth-order valence-electron chi connectivity index (χ4n) is 2.20. The summed E-state index contributed by atoms with van der Waals surface area (Å²) in [6.07, 6.45) is 0. The Balaban J connectivity index is 1.86. The fraction of sp³-hybridized carbons (Fsp3) is 0.118. The van der Waals surface area contributed by atoms with Crippen LogP contribution in [0.2, 0.25) is 0 Å². The van der Waals surface area contributed by atoms with Gasteiger partial charge in [0.15, 0.2) is 0 Å². The van der Waals surface area contributed by atoms with Gasteiger partial charge in [-0.3, -0.25) is 10.1 Å². The van der Waals surface area contributed by atoms with Gasteiger partial charge in [-0.25, -0.2) is 0 Å². The van der Waals surface area contributed by atoms with Gasteiger partial charge in [0, 0.05) is 5.56 Å². The number of methoxy groups -OCH3 is 2. The standard InChI is InChI=1S/C17H14BrN3O3S/c1-23-11-8-12(14(24-2)13(18)9-11)15(22)19-17-21-20-16(25-17)10-6-4-3-5-7-10/h3-9H,1-2H3,(H,19,21,22). The maximum Gasteiger partial charge on any atom is 0.261 e. The highest BCUT2D eigenvalue weighted by Crippen LogP contribution is 2.34. The quantitative estimate of drug-likeness (QED) is 0.669. The molecule has 8 heteroatoms. The summed E-state index contributed by atoms with van der Waals surface area (Å²) in [7, 11) is 3.04. The van der Waals surface area contributed by atoms with Crippen molar-refractivity contribution in [2.45, 2.75) is 0 Å². The first kappa shape index (κ1) is 17.4. The molecule has 0 atom stereocenters. The highest BCUT2D eigenvalue weighted by atomic mass is 79.9. The van der Waals surface area contributed by atoms with E-state index in [9.17, 15) is 4.79 Å². The molecule has 0 spiro atoms. The Hall–Kier alpha value is -2.45. The topological polar surface area (TPSA) is 73.3 Å². The van der Waals surface area contributed by atoms with E-state index >= 15 is 0 Å². The number of benzene rings is 2. The first-order valence-electron chi connectivity index (χ1n) is 7.24. The van der Waals surface area contributed by atoms with Crippen molar-refractivity contribution in [2.24, 2.45) is 0 Å². The van der Waals surface area contributed by atoms with E-state index in [0.29, 0.717) is 26.7 Å². The number of rotatable bonds is 5. The Morgan fingerprint density at radius 3 is 2.56 bits per heavy atom. The minimum absolute atomic E-state index is 0.338. The van der Waals surface area contributed by atoms with Gasteiger partial charge in [0.25, 0.3) is 5.91 Å². The summed E-state index contributed by atoms with van der Waals surface area (Å²) >= 11 is 4.68. The van der Waals surface area contributed by atoms with Crippen LogP contribution in [0.15, 0.2) is 46.9 Å². The summed E-state index contributed by atoms with van der Waals surface area (Å²) in [5.74, 6) is 0.610. The molecule has 1 N–H and O–H groups in total. The third kappa shape index (κ3) is 3.80. The van der Waals surface area contributed by atoms with Crippen molar-refractivity contribution >= 4 is 38.3 Å². The Labute approximate surface area is 156 Å². The molecule has 128 valence electrons. The number of aromatic nitrogens is 2. The SMILES string of the molecule is COc1cc(Br)c(OC)c(C(=O)Nc2nnc(-c3ccccc3)s2)c1. The second-order valence-corrected chi connectivity index (χ2v) is 6.75. The van der Waals surface area contributed by atoms with Crippen molar-refractivity contribution in [1.29, 1.82) is 0 Å². The number of hydrogen-bond acceptors (Lipinski definition) is 6. The summed E-state index contributed by atoms with van der Waals surface area (Å²) in [6, 6.07) is 13.0. The van der Waals surface area contributed by atoms with Gasteiger partial charge in [-0.05, 0) is 28.1 Å². The van der Waals surface area contributed by atoms with E-state index in [2.05, 4.69) is 31.4 Å². The molecular formula is C17H14BrN3O3S. The van der Waals surface area contributed by atoms with E-state index < -0.39 is 0 Å². The van der Waals surface area contributed by atoms with Gasteiger partial charge >= 0.3 is 0 Å². The van der Waals surface area contributed by atoms with Crippen molar-refractivity contribution in [3.8, 4) is 22.1 Å². The van der Waals surface area contributed by atoms with Gasteiger partial charge in [-0.2, -0.15) is 0 Å². The van der Waals surface area contributed by atoms with Crippen LogP contribution < -0.4 is 14.8 Å². The molecule has 3 aromatic rings. The smallest absolute Gasteiger partial charge is 0.261 e. The summed E-state index contributed by atoms with van der Waals surface area (Å²) in [5, 5.41) is 12.0. The lowest BCUT2D eigenvalue weighted by Gasteiger charge is -2.11. The van der Waals surface area contributed by atoms with Crippen molar-refractivity contribution < 1.29 is 14.3 Å². The zero-order valence-corrected chi connectivity index (χ0v) is 15.8. The zero-order chi connectivity index (χ0) is 17.8. The molecule has 0 bridgehead atoms. The lowest BCUT2D eigenvalue weighted by molar-refractivity contribution is 0.102. The molecule has 25 heavy (non-hydrogen) atoms. The molecule has 0 radical (unpaired) electrons. The molecule has 1 amide bonds. The first-order chi connectivity index (χ1) is 12.1. The van der Waals surface area contributed by atoms with Gasteiger partial charge in [-0.1, -0.05) is 41.7 Å². The van der Waals surface area contributed by atoms with Crippen LogP contribution >= 0.6 is 27.3 Å². The van der Waals surface area contributed by atoms with Crippen LogP contribution in [-0.4, -0.2) is 30.3 Å². The second-order valence-electron chi connectivity index (χ2n) is 4.92. The number of ether oxygens (including phenoxy) is 2. The van der Waals surface area contributed by atoms with E-state index in [-0.39, 0.29) is 5.91 Å². The maximum atomic E-state index is 12.6. The van der Waals surface area contributed by atoms with Crippen molar-refractivity contribution in [3.05, 3.63) is 52.5 Å². The van der Waals surface area contributed by atoms with E-state index in [1.165, 1.54) is 25.6 Å². The van der Waals surface area contributed by atoms with E-state index in [4.69, 9.17) is 9.47 Å². The third-order valence-electron chi connectivity index (χ3n) is 3.37. The second kappa shape index (κ2) is 7.62. The highest BCUT2D eigenvalue weighted by Gasteiger charge is 2.19. The molecule has 0 aliphatic rings. The predicted octanol–water partition coefficient (Wildman–Crippen LogP) is 4.24. The van der Waals surface area contributed by atoms with Crippen LogP contribution in [0.1, 0.15) is 10.4 Å². The summed E-state index contributed by atoms with van der Waals surface area (Å²) in [4.78, 5) is 12.6. The lowest BCUT2D eigenvalue weighted by Crippen LogP contribution is -2.13.